The van der Waals surface area contributed by atoms with Crippen molar-refractivity contribution < 1.29 is 9.59 Å². The fourth-order valence-electron chi connectivity index (χ4n) is 2.27. The zero-order chi connectivity index (χ0) is 17.4. The van der Waals surface area contributed by atoms with E-state index in [0.717, 1.165) is 12.0 Å². The fourth-order valence-corrected chi connectivity index (χ4v) is 2.27. The van der Waals surface area contributed by atoms with Crippen LogP contribution in [-0.2, 0) is 0 Å². The molecule has 2 aromatic rings. The molecular weight excluding hydrogens is 338 g/mol. The molecule has 0 aromatic heterocycles. The molecule has 0 aliphatic carbocycles. The van der Waals surface area contributed by atoms with Crippen LogP contribution in [0.15, 0.2) is 54.6 Å². The van der Waals surface area contributed by atoms with Gasteiger partial charge in [-0.1, -0.05) is 43.3 Å². The van der Waals surface area contributed by atoms with Crippen molar-refractivity contribution in [2.24, 2.45) is 5.73 Å². The lowest BCUT2D eigenvalue weighted by Gasteiger charge is -2.13. The van der Waals surface area contributed by atoms with Gasteiger partial charge in [0.1, 0.15) is 0 Å². The number of nitrogens with two attached hydrogens (primary N) is 1. The van der Waals surface area contributed by atoms with Crippen molar-refractivity contribution in [2.45, 2.75) is 19.4 Å². The van der Waals surface area contributed by atoms with Crippen LogP contribution in [0.3, 0.4) is 0 Å². The third-order valence-electron chi connectivity index (χ3n) is 3.63. The number of amides is 2. The molecule has 0 spiro atoms. The zero-order valence-electron chi connectivity index (χ0n) is 14.2. The van der Waals surface area contributed by atoms with Crippen molar-refractivity contribution in [3.63, 3.8) is 0 Å². The van der Waals surface area contributed by atoms with E-state index in [1.807, 2.05) is 37.3 Å². The van der Waals surface area contributed by atoms with Crippen LogP contribution in [-0.4, -0.2) is 24.9 Å². The molecule has 6 heteroatoms. The van der Waals surface area contributed by atoms with Gasteiger partial charge in [0.2, 0.25) is 0 Å². The Hall–Kier alpha value is -2.37. The van der Waals surface area contributed by atoms with E-state index in [1.165, 1.54) is 0 Å². The maximum atomic E-state index is 12.3. The third kappa shape index (κ3) is 6.21. The second-order valence-corrected chi connectivity index (χ2v) is 5.56. The van der Waals surface area contributed by atoms with Crippen molar-refractivity contribution in [1.29, 1.82) is 0 Å². The van der Waals surface area contributed by atoms with Crippen LogP contribution in [0.1, 0.15) is 45.7 Å². The number of nitrogens with one attached hydrogen (secondary N) is 2. The Bertz CT molecular complexity index is 692. The first-order chi connectivity index (χ1) is 11.6. The molecule has 0 aliphatic heterocycles. The van der Waals surface area contributed by atoms with Gasteiger partial charge in [-0.05, 0) is 30.2 Å². The SMILES string of the molecule is CCCNC(=O)c1cccc(C(=O)NCC(N)c2ccccc2)c1.Cl. The predicted molar refractivity (Wildman–Crippen MR) is 102 cm³/mol. The van der Waals surface area contributed by atoms with Crippen molar-refractivity contribution >= 4 is 24.2 Å². The summed E-state index contributed by atoms with van der Waals surface area (Å²) in [6.45, 7) is 2.93. The van der Waals surface area contributed by atoms with Crippen LogP contribution in [0.25, 0.3) is 0 Å². The van der Waals surface area contributed by atoms with Gasteiger partial charge in [0, 0.05) is 30.3 Å². The summed E-state index contributed by atoms with van der Waals surface area (Å²) in [7, 11) is 0. The first kappa shape index (κ1) is 20.7. The molecular formula is C19H24ClN3O2. The number of carbonyl (C=O) groups excluding carboxylic acids is 2. The highest BCUT2D eigenvalue weighted by atomic mass is 35.5. The van der Waals surface area contributed by atoms with Gasteiger partial charge in [-0.15, -0.1) is 12.4 Å². The van der Waals surface area contributed by atoms with E-state index in [1.54, 1.807) is 24.3 Å². The largest absolute Gasteiger partial charge is 0.352 e. The molecule has 2 amide bonds. The molecule has 134 valence electrons. The van der Waals surface area contributed by atoms with Crippen LogP contribution in [0.2, 0.25) is 0 Å². The molecule has 4 N–H and O–H groups in total. The predicted octanol–water partition coefficient (Wildman–Crippen LogP) is 2.68. The van der Waals surface area contributed by atoms with E-state index >= 15 is 0 Å². The van der Waals surface area contributed by atoms with Gasteiger partial charge in [0.05, 0.1) is 0 Å². The Labute approximate surface area is 154 Å². The van der Waals surface area contributed by atoms with Crippen molar-refractivity contribution in [2.75, 3.05) is 13.1 Å². The van der Waals surface area contributed by atoms with Crippen LogP contribution in [0, 0.1) is 0 Å². The molecule has 0 aliphatic rings. The smallest absolute Gasteiger partial charge is 0.251 e. The van der Waals surface area contributed by atoms with Crippen LogP contribution in [0.5, 0.6) is 0 Å². The summed E-state index contributed by atoms with van der Waals surface area (Å²) in [6.07, 6.45) is 0.864. The summed E-state index contributed by atoms with van der Waals surface area (Å²) in [5.41, 5.74) is 7.96. The highest BCUT2D eigenvalue weighted by Crippen LogP contribution is 2.09. The molecule has 25 heavy (non-hydrogen) atoms. The highest BCUT2D eigenvalue weighted by molar-refractivity contribution is 5.99. The molecule has 0 saturated heterocycles. The van der Waals surface area contributed by atoms with Gasteiger partial charge >= 0.3 is 0 Å². The summed E-state index contributed by atoms with van der Waals surface area (Å²) in [6, 6.07) is 16.0. The van der Waals surface area contributed by atoms with E-state index in [2.05, 4.69) is 10.6 Å². The number of hydrogen-bond acceptors (Lipinski definition) is 3. The Balaban J connectivity index is 0.00000312. The topological polar surface area (TPSA) is 84.2 Å². The molecule has 2 aromatic carbocycles. The molecule has 1 unspecified atom stereocenters. The van der Waals surface area contributed by atoms with Gasteiger partial charge in [0.15, 0.2) is 0 Å². The lowest BCUT2D eigenvalue weighted by Crippen LogP contribution is -2.32. The van der Waals surface area contributed by atoms with E-state index in [-0.39, 0.29) is 30.3 Å². The second-order valence-electron chi connectivity index (χ2n) is 5.56. The number of carbonyl (C=O) groups is 2. The molecule has 0 fully saturated rings. The van der Waals surface area contributed by atoms with E-state index in [9.17, 15) is 9.59 Å². The van der Waals surface area contributed by atoms with Gasteiger partial charge < -0.3 is 16.4 Å². The highest BCUT2D eigenvalue weighted by Gasteiger charge is 2.12. The summed E-state index contributed by atoms with van der Waals surface area (Å²) < 4.78 is 0. The zero-order valence-corrected chi connectivity index (χ0v) is 15.0. The number of benzene rings is 2. The summed E-state index contributed by atoms with van der Waals surface area (Å²) >= 11 is 0. The Morgan fingerprint density at radius 1 is 0.960 bits per heavy atom. The van der Waals surface area contributed by atoms with Gasteiger partial charge in [0.25, 0.3) is 11.8 Å². The summed E-state index contributed by atoms with van der Waals surface area (Å²) in [5, 5.41) is 5.61. The van der Waals surface area contributed by atoms with E-state index < -0.39 is 0 Å². The second kappa shape index (κ2) is 10.5. The summed E-state index contributed by atoms with van der Waals surface area (Å²) in [4.78, 5) is 24.2. The molecule has 0 saturated carbocycles. The van der Waals surface area contributed by atoms with Crippen LogP contribution in [0.4, 0.5) is 0 Å². The Morgan fingerprint density at radius 3 is 2.16 bits per heavy atom. The minimum Gasteiger partial charge on any atom is -0.352 e. The van der Waals surface area contributed by atoms with Gasteiger partial charge in [-0.2, -0.15) is 0 Å². The normalized spacial score (nSPS) is 11.1. The standard InChI is InChI=1S/C19H23N3O2.ClH/c1-2-11-21-18(23)15-9-6-10-16(12-15)19(24)22-13-17(20)14-7-4-3-5-8-14;/h3-10,12,17H,2,11,13,20H2,1H3,(H,21,23)(H,22,24);1H. The molecule has 0 heterocycles. The first-order valence-electron chi connectivity index (χ1n) is 8.08. The summed E-state index contributed by atoms with van der Waals surface area (Å²) in [5.74, 6) is -0.418. The van der Waals surface area contributed by atoms with Crippen molar-refractivity contribution in [3.05, 3.63) is 71.3 Å². The van der Waals surface area contributed by atoms with Crippen molar-refractivity contribution in [1.82, 2.24) is 10.6 Å². The van der Waals surface area contributed by atoms with Crippen LogP contribution >= 0.6 is 12.4 Å². The number of halogens is 1. The Kier molecular flexibility index (Phi) is 8.67. The molecule has 0 bridgehead atoms. The molecule has 0 radical (unpaired) electrons. The maximum absolute atomic E-state index is 12.3. The minimum absolute atomic E-state index is 0. The number of rotatable bonds is 7. The third-order valence-corrected chi connectivity index (χ3v) is 3.63. The average molecular weight is 362 g/mol. The average Bonchev–Trinajstić information content (AvgIpc) is 2.64. The molecule has 1 atom stereocenters. The Morgan fingerprint density at radius 2 is 1.56 bits per heavy atom. The fraction of sp³-hybridized carbons (Fsp3) is 0.263. The quantitative estimate of drug-likeness (QED) is 0.708. The first-order valence-corrected chi connectivity index (χ1v) is 8.08. The van der Waals surface area contributed by atoms with Gasteiger partial charge in [-0.3, -0.25) is 9.59 Å². The lowest BCUT2D eigenvalue weighted by atomic mass is 10.1. The van der Waals surface area contributed by atoms with Crippen molar-refractivity contribution in [3.8, 4) is 0 Å². The molecule has 2 rings (SSSR count). The monoisotopic (exact) mass is 361 g/mol. The van der Waals surface area contributed by atoms with E-state index in [0.29, 0.717) is 24.2 Å². The lowest BCUT2D eigenvalue weighted by molar-refractivity contribution is 0.0951. The van der Waals surface area contributed by atoms with Crippen LogP contribution < -0.4 is 16.4 Å². The maximum Gasteiger partial charge on any atom is 0.251 e. The van der Waals surface area contributed by atoms with E-state index in [4.69, 9.17) is 5.73 Å². The minimum atomic E-state index is -0.272. The number of hydrogen-bond donors (Lipinski definition) is 3. The van der Waals surface area contributed by atoms with Gasteiger partial charge in [-0.25, -0.2) is 0 Å². The molecule has 5 nitrogen and oxygen atoms in total.